The van der Waals surface area contributed by atoms with Crippen molar-refractivity contribution in [2.75, 3.05) is 12.0 Å². The van der Waals surface area contributed by atoms with Gasteiger partial charge in [-0.25, -0.2) is 0 Å². The van der Waals surface area contributed by atoms with Gasteiger partial charge in [0.05, 0.1) is 12.2 Å². The van der Waals surface area contributed by atoms with Crippen LogP contribution in [0.3, 0.4) is 0 Å². The summed E-state index contributed by atoms with van der Waals surface area (Å²) in [5, 5.41) is 3.50. The zero-order valence-corrected chi connectivity index (χ0v) is 12.5. The molecule has 1 heterocycles. The third kappa shape index (κ3) is 3.38. The first-order valence-corrected chi connectivity index (χ1v) is 7.99. The highest BCUT2D eigenvalue weighted by molar-refractivity contribution is 7.98. The lowest BCUT2D eigenvalue weighted by Gasteiger charge is -2.32. The Morgan fingerprint density at radius 3 is 2.53 bits per heavy atom. The van der Waals surface area contributed by atoms with Crippen LogP contribution in [0.5, 0.6) is 0 Å². The van der Waals surface area contributed by atoms with Crippen molar-refractivity contribution in [3.8, 4) is 0 Å². The Bertz CT molecular complexity index is 258. The van der Waals surface area contributed by atoms with E-state index in [0.717, 1.165) is 18.6 Å². The summed E-state index contributed by atoms with van der Waals surface area (Å²) in [6, 6.07) is 0.357. The number of thioether (sulfide) groups is 1. The molecular weight excluding hydrogens is 232 g/mol. The van der Waals surface area contributed by atoms with Gasteiger partial charge in [-0.1, -0.05) is 27.2 Å². The smallest absolute Gasteiger partial charge is 0.241 e. The molecule has 0 aliphatic carbocycles. The fourth-order valence-electron chi connectivity index (χ4n) is 2.50. The molecular formula is C13H26N2OS. The third-order valence-corrected chi connectivity index (χ3v) is 4.13. The molecule has 1 amide bonds. The number of carbonyl (C=O) groups is 1. The second-order valence-corrected chi connectivity index (χ2v) is 6.16. The lowest BCUT2D eigenvalue weighted by atomic mass is 10.1. The maximum absolute atomic E-state index is 12.4. The van der Waals surface area contributed by atoms with Crippen LogP contribution in [0, 0.1) is 5.92 Å². The molecule has 0 radical (unpaired) electrons. The number of hydrogen-bond donors (Lipinski definition) is 1. The van der Waals surface area contributed by atoms with Crippen LogP contribution in [0.25, 0.3) is 0 Å². The van der Waals surface area contributed by atoms with Crippen molar-refractivity contribution in [1.82, 2.24) is 10.2 Å². The summed E-state index contributed by atoms with van der Waals surface area (Å²) in [4.78, 5) is 14.5. The van der Waals surface area contributed by atoms with E-state index in [1.165, 1.54) is 0 Å². The quantitative estimate of drug-likeness (QED) is 0.793. The van der Waals surface area contributed by atoms with E-state index in [9.17, 15) is 4.79 Å². The number of nitrogens with one attached hydrogen (secondary N) is 1. The SMILES string of the molecule is CCCC1NC(C(C)C)N(C(C)CSC)C1=O. The van der Waals surface area contributed by atoms with Gasteiger partial charge < -0.3 is 4.90 Å². The van der Waals surface area contributed by atoms with E-state index < -0.39 is 0 Å². The van der Waals surface area contributed by atoms with Crippen molar-refractivity contribution in [2.24, 2.45) is 5.92 Å². The molecule has 0 saturated carbocycles. The van der Waals surface area contributed by atoms with Crippen LogP contribution in [-0.4, -0.2) is 41.1 Å². The molecule has 0 aromatic heterocycles. The highest BCUT2D eigenvalue weighted by Gasteiger charge is 2.41. The predicted octanol–water partition coefficient (Wildman–Crippen LogP) is 2.32. The van der Waals surface area contributed by atoms with Gasteiger partial charge >= 0.3 is 0 Å². The maximum Gasteiger partial charge on any atom is 0.241 e. The average Bonchev–Trinajstić information content (AvgIpc) is 2.57. The van der Waals surface area contributed by atoms with Gasteiger partial charge in [0.15, 0.2) is 0 Å². The van der Waals surface area contributed by atoms with Crippen LogP contribution >= 0.6 is 11.8 Å². The molecule has 1 saturated heterocycles. The van der Waals surface area contributed by atoms with Gasteiger partial charge in [-0.2, -0.15) is 11.8 Å². The molecule has 3 atom stereocenters. The van der Waals surface area contributed by atoms with Crippen LogP contribution < -0.4 is 5.32 Å². The van der Waals surface area contributed by atoms with Crippen molar-refractivity contribution < 1.29 is 4.79 Å². The summed E-state index contributed by atoms with van der Waals surface area (Å²) in [6.45, 7) is 8.64. The third-order valence-electron chi connectivity index (χ3n) is 3.32. The van der Waals surface area contributed by atoms with E-state index in [0.29, 0.717) is 17.9 Å². The summed E-state index contributed by atoms with van der Waals surface area (Å²) in [6.07, 6.45) is 4.31. The molecule has 0 aromatic rings. The van der Waals surface area contributed by atoms with E-state index in [1.807, 2.05) is 0 Å². The molecule has 0 aromatic carbocycles. The monoisotopic (exact) mass is 258 g/mol. The number of rotatable bonds is 6. The van der Waals surface area contributed by atoms with Crippen molar-refractivity contribution in [1.29, 1.82) is 0 Å². The molecule has 1 fully saturated rings. The topological polar surface area (TPSA) is 32.3 Å². The van der Waals surface area contributed by atoms with Gasteiger partial charge in [-0.15, -0.1) is 0 Å². The van der Waals surface area contributed by atoms with Gasteiger partial charge in [-0.05, 0) is 25.5 Å². The van der Waals surface area contributed by atoms with Crippen LogP contribution in [-0.2, 0) is 4.79 Å². The highest BCUT2D eigenvalue weighted by Crippen LogP contribution is 2.23. The van der Waals surface area contributed by atoms with Gasteiger partial charge in [-0.3, -0.25) is 10.1 Å². The second kappa shape index (κ2) is 6.64. The normalized spacial score (nSPS) is 26.9. The van der Waals surface area contributed by atoms with Crippen molar-refractivity contribution in [3.63, 3.8) is 0 Å². The van der Waals surface area contributed by atoms with Crippen LogP contribution in [0.15, 0.2) is 0 Å². The van der Waals surface area contributed by atoms with E-state index in [2.05, 4.69) is 44.2 Å². The molecule has 100 valence electrons. The number of nitrogens with zero attached hydrogens (tertiary/aromatic N) is 1. The molecule has 17 heavy (non-hydrogen) atoms. The number of hydrogen-bond acceptors (Lipinski definition) is 3. The van der Waals surface area contributed by atoms with Gasteiger partial charge in [0.2, 0.25) is 5.91 Å². The molecule has 1 N–H and O–H groups in total. The predicted molar refractivity (Wildman–Crippen MR) is 75.1 cm³/mol. The van der Waals surface area contributed by atoms with Crippen molar-refractivity contribution >= 4 is 17.7 Å². The number of carbonyl (C=O) groups excluding carboxylic acids is 1. The Hall–Kier alpha value is -0.220. The molecule has 1 aliphatic rings. The first kappa shape index (κ1) is 14.8. The molecule has 4 heteroatoms. The average molecular weight is 258 g/mol. The Labute approximate surface area is 110 Å². The maximum atomic E-state index is 12.4. The Kier molecular flexibility index (Phi) is 5.80. The Morgan fingerprint density at radius 2 is 2.06 bits per heavy atom. The molecule has 1 rings (SSSR count). The molecule has 3 unspecified atom stereocenters. The molecule has 3 nitrogen and oxygen atoms in total. The summed E-state index contributed by atoms with van der Waals surface area (Å²) >= 11 is 1.81. The highest BCUT2D eigenvalue weighted by atomic mass is 32.2. The first-order valence-electron chi connectivity index (χ1n) is 6.60. The largest absolute Gasteiger partial charge is 0.322 e. The molecule has 0 spiro atoms. The lowest BCUT2D eigenvalue weighted by Crippen LogP contribution is -2.47. The number of amides is 1. The summed E-state index contributed by atoms with van der Waals surface area (Å²) < 4.78 is 0. The van der Waals surface area contributed by atoms with E-state index in [-0.39, 0.29) is 12.2 Å². The lowest BCUT2D eigenvalue weighted by molar-refractivity contribution is -0.132. The van der Waals surface area contributed by atoms with Gasteiger partial charge in [0, 0.05) is 11.8 Å². The van der Waals surface area contributed by atoms with E-state index in [1.54, 1.807) is 11.8 Å². The zero-order chi connectivity index (χ0) is 13.0. The van der Waals surface area contributed by atoms with Crippen molar-refractivity contribution in [3.05, 3.63) is 0 Å². The van der Waals surface area contributed by atoms with E-state index >= 15 is 0 Å². The first-order chi connectivity index (χ1) is 8.02. The Morgan fingerprint density at radius 1 is 1.41 bits per heavy atom. The minimum absolute atomic E-state index is 0.0386. The standard InChI is InChI=1S/C13H26N2OS/c1-6-7-11-13(16)15(10(4)8-17-5)12(14-11)9(2)3/h9-12,14H,6-8H2,1-5H3. The minimum atomic E-state index is 0.0386. The van der Waals surface area contributed by atoms with Gasteiger partial charge in [0.1, 0.15) is 0 Å². The summed E-state index contributed by atoms with van der Waals surface area (Å²) in [5.74, 6) is 1.77. The molecule has 1 aliphatic heterocycles. The summed E-state index contributed by atoms with van der Waals surface area (Å²) in [7, 11) is 0. The summed E-state index contributed by atoms with van der Waals surface area (Å²) in [5.41, 5.74) is 0. The fraction of sp³-hybridized carbons (Fsp3) is 0.923. The van der Waals surface area contributed by atoms with Crippen molar-refractivity contribution in [2.45, 2.75) is 58.8 Å². The van der Waals surface area contributed by atoms with Crippen LogP contribution in [0.1, 0.15) is 40.5 Å². The second-order valence-electron chi connectivity index (χ2n) is 5.25. The Balaban J connectivity index is 2.78. The molecule has 0 bridgehead atoms. The fourth-order valence-corrected chi connectivity index (χ4v) is 3.14. The van der Waals surface area contributed by atoms with Crippen LogP contribution in [0.2, 0.25) is 0 Å². The van der Waals surface area contributed by atoms with Crippen LogP contribution in [0.4, 0.5) is 0 Å². The van der Waals surface area contributed by atoms with E-state index in [4.69, 9.17) is 0 Å². The zero-order valence-electron chi connectivity index (χ0n) is 11.7. The van der Waals surface area contributed by atoms with Gasteiger partial charge in [0.25, 0.3) is 0 Å². The minimum Gasteiger partial charge on any atom is -0.322 e.